The van der Waals surface area contributed by atoms with E-state index >= 15 is 0 Å². The average Bonchev–Trinajstić information content (AvgIpc) is 0.852. The van der Waals surface area contributed by atoms with Gasteiger partial charge in [0.2, 0.25) is 70.9 Å². The largest absolute Gasteiger partial charge is 2.00 e. The van der Waals surface area contributed by atoms with Crippen LogP contribution in [-0.2, 0) is 184 Å². The molecule has 6 aliphatic rings. The Hall–Kier alpha value is -9.03. The summed E-state index contributed by atoms with van der Waals surface area (Å²) in [6, 6.07) is 42.1. The van der Waals surface area contributed by atoms with Crippen LogP contribution >= 0.6 is 0 Å². The van der Waals surface area contributed by atoms with Crippen molar-refractivity contribution in [2.75, 3.05) is 0 Å². The zero-order valence-electron chi connectivity index (χ0n) is 70.7. The van der Waals surface area contributed by atoms with E-state index in [-0.39, 0.29) is 250 Å². The van der Waals surface area contributed by atoms with Crippen molar-refractivity contribution in [3.05, 3.63) is 246 Å². The minimum Gasteiger partial charge on any atom is -0.684 e. The van der Waals surface area contributed by atoms with Crippen molar-refractivity contribution < 1.29 is 221 Å². The molecular formula is C86H98F2N12O18W6. The number of hydrogen-bond acceptors (Lipinski definition) is 18. The smallest absolute Gasteiger partial charge is 0.684 e. The maximum atomic E-state index is 12.9. The topological polar surface area (TPSA) is 464 Å². The number of carbonyl (C=O) groups excluding carboxylic acids is 18. The van der Waals surface area contributed by atoms with Gasteiger partial charge in [0.05, 0.1) is 0 Å². The predicted octanol–water partition coefficient (Wildman–Crippen LogP) is 11.9. The summed E-state index contributed by atoms with van der Waals surface area (Å²) in [5, 5.41) is 35.4. The van der Waals surface area contributed by atoms with E-state index in [1.165, 1.54) is 24.3 Å². The molecule has 0 radical (unpaired) electrons. The normalized spacial score (nSPS) is 16.9. The molecule has 18 amide bonds. The molecule has 6 unspecified atom stereocenters. The molecule has 6 aromatic carbocycles. The van der Waals surface area contributed by atoms with Crippen molar-refractivity contribution in [1.29, 1.82) is 0 Å². The Bertz CT molecular complexity index is 3970. The van der Waals surface area contributed by atoms with Gasteiger partial charge in [-0.25, -0.2) is 8.78 Å². The van der Waals surface area contributed by atoms with Gasteiger partial charge in [-0.05, 0) is 110 Å². The summed E-state index contributed by atoms with van der Waals surface area (Å²) in [5.74, 6) is -9.97. The minimum atomic E-state index is -0.896. The maximum absolute atomic E-state index is 12.9. The second kappa shape index (κ2) is 71.2. The number of hydrogen-bond donors (Lipinski definition) is 6. The fourth-order valence-corrected chi connectivity index (χ4v) is 9.70. The Morgan fingerprint density at radius 2 is 0.444 bits per heavy atom. The fourth-order valence-electron chi connectivity index (χ4n) is 9.70. The average molecular weight is 2730 g/mol. The number of imide groups is 6. The molecule has 6 saturated heterocycles. The molecule has 6 N–H and O–H groups in total. The summed E-state index contributed by atoms with van der Waals surface area (Å²) in [6.07, 6.45) is 2.63. The second-order valence-electron chi connectivity index (χ2n) is 23.3. The first-order chi connectivity index (χ1) is 56.6. The molecular weight excluding hydrogens is 2630 g/mol. The molecule has 38 heteroatoms. The van der Waals surface area contributed by atoms with E-state index in [1.807, 2.05) is 109 Å². The molecule has 6 atom stereocenters. The van der Waals surface area contributed by atoms with Gasteiger partial charge in [0.25, 0.3) is 0 Å². The van der Waals surface area contributed by atoms with E-state index in [9.17, 15) is 95.1 Å². The second-order valence-corrected chi connectivity index (χ2v) is 23.3. The summed E-state index contributed by atoms with van der Waals surface area (Å²) < 4.78 is 25.7. The monoisotopic (exact) mass is 2730 g/mol. The first-order valence-corrected chi connectivity index (χ1v) is 38.4. The molecule has 12 rings (SSSR count). The number of amides is 18. The van der Waals surface area contributed by atoms with Gasteiger partial charge in [-0.3, -0.25) is 89.4 Å². The number of piperidine rings is 6. The summed E-state index contributed by atoms with van der Waals surface area (Å²) >= 11 is 0. The molecule has 6 fully saturated rings. The quantitative estimate of drug-likeness (QED) is 0.0489. The summed E-state index contributed by atoms with van der Waals surface area (Å²) in [6.45, 7) is 27.6. The van der Waals surface area contributed by atoms with E-state index in [0.29, 0.717) is 22.3 Å². The van der Waals surface area contributed by atoms with Crippen LogP contribution in [0.25, 0.3) is 31.9 Å². The molecule has 124 heavy (non-hydrogen) atoms. The summed E-state index contributed by atoms with van der Waals surface area (Å²) in [7, 11) is 0. The standard InChI is InChI=1S/2C13H13N2O3.2C12H10FN2O3.2C12H11N2O3.6C2H6.6W/c2*1-8-3-2-4-9(7-8)12(17)14-10-5-6-11(16)15-13(10)18;2*13-8-3-1-2-7(6-8)11(17)14-9-4-5-10(16)15-12(9)18;2*15-10-7-6-9(12(17)14-10)13-11(16)8-4-2-1-3-5-8;6*1-2;;;;;;/h2*2-4,10H,5-6H2,1H3,(H2,14,15,16,17,18);2*1-3,9H,4-5H2,(H2,14,15,16,17,18);2*1-4,9H,6-7H2,(H2,13,14,15,16,17);6*1-2H3;;;;;;/q6*-1;;;;;;;6*+2/p-6. The Balaban J connectivity index is -0.000000325. The van der Waals surface area contributed by atoms with Crippen LogP contribution in [-0.4, -0.2) is 143 Å². The van der Waals surface area contributed by atoms with Crippen molar-refractivity contribution in [1.82, 2.24) is 31.9 Å². The number of nitrogens with zero attached hydrogens (tertiary/aromatic N) is 6. The minimum absolute atomic E-state index is 0. The van der Waals surface area contributed by atoms with E-state index in [1.54, 1.807) is 72.8 Å². The number of rotatable bonds is 12. The van der Waals surface area contributed by atoms with Gasteiger partial charge in [-0.15, -0.1) is 202 Å². The van der Waals surface area contributed by atoms with Crippen molar-refractivity contribution in [3.63, 3.8) is 0 Å². The molecule has 0 bridgehead atoms. The SMILES string of the molecule is CC.CC.CC.CC.CC.CC.Cc1[c-]c(C(=O)[N-]C2CCC(=O)NC2=O)ccc1.Cc1[c-]c(C(=O)[N-]C2CCC(=O)NC2=O)ccc1.O=C1CCC([N-]C(=O)c2[c-]c(F)ccc2)C(=O)N1.O=C1CCC([N-]C(=O)c2[c-]c(F)ccc2)C(=O)N1.O=C1CCC([N-]C(=O)c2[c-]cccc2)C(=O)N1.O=C1CCC([N-]C(=O)c2[c-]cccc2)C(=O)N1.[W+2].[W+2].[W+2].[W+2].[W+2].[W+2]. The van der Waals surface area contributed by atoms with Gasteiger partial charge >= 0.3 is 126 Å². The van der Waals surface area contributed by atoms with Gasteiger partial charge in [-0.1, -0.05) is 96.9 Å². The molecule has 6 aromatic rings. The Labute approximate surface area is 808 Å². The molecule has 30 nitrogen and oxygen atoms in total. The van der Waals surface area contributed by atoms with Crippen LogP contribution in [0.3, 0.4) is 0 Å². The Morgan fingerprint density at radius 3 is 0.613 bits per heavy atom. The first-order valence-electron chi connectivity index (χ1n) is 38.4. The fraction of sp³-hybridized carbons (Fsp3) is 0.372. The molecule has 660 valence electrons. The van der Waals surface area contributed by atoms with E-state index in [2.05, 4.69) is 100 Å². The van der Waals surface area contributed by atoms with Crippen LogP contribution in [0.15, 0.2) is 121 Å². The number of nitrogens with one attached hydrogen (secondary N) is 6. The third kappa shape index (κ3) is 47.3. The molecule has 0 saturated carbocycles. The van der Waals surface area contributed by atoms with E-state index in [4.69, 9.17) is 0 Å². The van der Waals surface area contributed by atoms with Crippen molar-refractivity contribution in [2.24, 2.45) is 0 Å². The van der Waals surface area contributed by atoms with Crippen LogP contribution < -0.4 is 31.9 Å². The Kier molecular flexibility index (Phi) is 72.2. The predicted molar refractivity (Wildman–Crippen MR) is 432 cm³/mol. The number of aryl methyl sites for hydroxylation is 2. The zero-order valence-corrected chi connectivity index (χ0v) is 88.3. The van der Waals surface area contributed by atoms with E-state index < -0.39 is 119 Å². The zero-order chi connectivity index (χ0) is 89.0. The number of carbonyl (C=O) groups is 18. The maximum Gasteiger partial charge on any atom is 2.00 e. The molecule has 0 aromatic heterocycles. The Morgan fingerprint density at radius 1 is 0.266 bits per heavy atom. The molecule has 6 heterocycles. The van der Waals surface area contributed by atoms with Gasteiger partial charge < -0.3 is 60.7 Å². The van der Waals surface area contributed by atoms with Gasteiger partial charge in [-0.2, -0.15) is 0 Å². The van der Waals surface area contributed by atoms with Crippen LogP contribution in [0, 0.1) is 61.9 Å². The molecule has 6 aliphatic heterocycles. The number of benzene rings is 6. The van der Waals surface area contributed by atoms with Crippen LogP contribution in [0.1, 0.15) is 233 Å². The van der Waals surface area contributed by atoms with Gasteiger partial charge in [0, 0.05) is 50.2 Å². The van der Waals surface area contributed by atoms with Crippen LogP contribution in [0.5, 0.6) is 0 Å². The first kappa shape index (κ1) is 126. The van der Waals surface area contributed by atoms with E-state index in [0.717, 1.165) is 23.3 Å². The van der Waals surface area contributed by atoms with Crippen LogP contribution in [0.4, 0.5) is 8.78 Å². The van der Waals surface area contributed by atoms with Crippen molar-refractivity contribution in [3.8, 4) is 0 Å². The third-order valence-electron chi connectivity index (χ3n) is 15.1. The van der Waals surface area contributed by atoms with Crippen molar-refractivity contribution in [2.45, 2.75) is 210 Å². The molecule has 0 aliphatic carbocycles. The van der Waals surface area contributed by atoms with Crippen molar-refractivity contribution >= 4 is 106 Å². The third-order valence-corrected chi connectivity index (χ3v) is 15.1. The summed E-state index contributed by atoms with van der Waals surface area (Å²) in [5.41, 5.74) is 2.88. The number of halogens is 2. The van der Waals surface area contributed by atoms with Gasteiger partial charge in [0.1, 0.15) is 0 Å². The van der Waals surface area contributed by atoms with Crippen LogP contribution in [0.2, 0.25) is 0 Å². The van der Waals surface area contributed by atoms with Gasteiger partial charge in [0.15, 0.2) is 0 Å². The summed E-state index contributed by atoms with van der Waals surface area (Å²) in [4.78, 5) is 204. The molecule has 0 spiro atoms.